The molecule has 1 fully saturated rings. The second-order valence-corrected chi connectivity index (χ2v) is 4.78. The zero-order valence-electron chi connectivity index (χ0n) is 11.2. The van der Waals surface area contributed by atoms with Crippen LogP contribution in [0.3, 0.4) is 0 Å². The Hall–Kier alpha value is -1.86. The van der Waals surface area contributed by atoms with E-state index in [1.54, 1.807) is 30.0 Å². The zero-order valence-corrected chi connectivity index (χ0v) is 11.2. The summed E-state index contributed by atoms with van der Waals surface area (Å²) < 4.78 is 6.69. The number of aromatic nitrogens is 1. The van der Waals surface area contributed by atoms with Crippen molar-refractivity contribution in [2.24, 2.45) is 0 Å². The summed E-state index contributed by atoms with van der Waals surface area (Å²) in [6.45, 7) is 1.02. The minimum atomic E-state index is -1.09. The molecule has 1 aliphatic heterocycles. The zero-order chi connectivity index (χ0) is 14.7. The molecule has 0 aromatic carbocycles. The van der Waals surface area contributed by atoms with Crippen LogP contribution in [-0.2, 0) is 16.1 Å². The molecule has 20 heavy (non-hydrogen) atoms. The van der Waals surface area contributed by atoms with E-state index in [9.17, 15) is 14.7 Å². The van der Waals surface area contributed by atoms with E-state index < -0.39 is 18.1 Å². The maximum Gasteiger partial charge on any atom is 0.326 e. The lowest BCUT2D eigenvalue weighted by atomic mass is 10.2. The number of hydrogen-bond acceptors (Lipinski definition) is 4. The number of aliphatic hydroxyl groups is 1. The third-order valence-corrected chi connectivity index (χ3v) is 3.41. The summed E-state index contributed by atoms with van der Waals surface area (Å²) in [7, 11) is 1.57. The standard InChI is InChI=1S/C13H18N2O5/c1-20-6-5-14-4-2-3-10(14)12(17)15-8-9(16)7-11(15)13(18)19/h2-4,9,11,16H,5-8H2,1H3,(H,18,19). The molecular formula is C13H18N2O5. The number of likely N-dealkylation sites (tertiary alicyclic amines) is 1. The molecule has 2 heterocycles. The van der Waals surface area contributed by atoms with E-state index in [-0.39, 0.29) is 18.9 Å². The monoisotopic (exact) mass is 282 g/mol. The minimum absolute atomic E-state index is 0.0469. The molecule has 1 aliphatic rings. The van der Waals surface area contributed by atoms with Crippen LogP contribution in [0.4, 0.5) is 0 Å². The molecule has 2 atom stereocenters. The maximum absolute atomic E-state index is 12.4. The molecule has 2 unspecified atom stereocenters. The van der Waals surface area contributed by atoms with Crippen LogP contribution in [0.2, 0.25) is 0 Å². The highest BCUT2D eigenvalue weighted by Crippen LogP contribution is 2.21. The van der Waals surface area contributed by atoms with E-state index in [2.05, 4.69) is 0 Å². The first-order valence-electron chi connectivity index (χ1n) is 6.40. The van der Waals surface area contributed by atoms with E-state index in [0.717, 1.165) is 0 Å². The largest absolute Gasteiger partial charge is 0.480 e. The van der Waals surface area contributed by atoms with Crippen LogP contribution in [0, 0.1) is 0 Å². The SMILES string of the molecule is COCCn1cccc1C(=O)N1CC(O)CC1C(=O)O. The summed E-state index contributed by atoms with van der Waals surface area (Å²) >= 11 is 0. The number of nitrogens with zero attached hydrogens (tertiary/aromatic N) is 2. The van der Waals surface area contributed by atoms with Crippen LogP contribution in [0.25, 0.3) is 0 Å². The third-order valence-electron chi connectivity index (χ3n) is 3.41. The lowest BCUT2D eigenvalue weighted by Gasteiger charge is -2.21. The molecule has 0 bridgehead atoms. The Morgan fingerprint density at radius 1 is 1.50 bits per heavy atom. The lowest BCUT2D eigenvalue weighted by molar-refractivity contribution is -0.141. The molecule has 1 aromatic heterocycles. The van der Waals surface area contributed by atoms with Crippen molar-refractivity contribution in [2.75, 3.05) is 20.3 Å². The number of ether oxygens (including phenoxy) is 1. The van der Waals surface area contributed by atoms with E-state index in [1.807, 2.05) is 0 Å². The van der Waals surface area contributed by atoms with Crippen molar-refractivity contribution < 1.29 is 24.5 Å². The predicted octanol–water partition coefficient (Wildman–Crippen LogP) is -0.206. The van der Waals surface area contributed by atoms with Crippen molar-refractivity contribution >= 4 is 11.9 Å². The van der Waals surface area contributed by atoms with Gasteiger partial charge in [0.05, 0.1) is 12.7 Å². The number of carboxylic acid groups (broad SMARTS) is 1. The second-order valence-electron chi connectivity index (χ2n) is 4.78. The van der Waals surface area contributed by atoms with Gasteiger partial charge >= 0.3 is 5.97 Å². The Balaban J connectivity index is 2.18. The number of rotatable bonds is 5. The first-order chi connectivity index (χ1) is 9.54. The van der Waals surface area contributed by atoms with Gasteiger partial charge in [-0.05, 0) is 12.1 Å². The molecule has 7 heteroatoms. The predicted molar refractivity (Wildman–Crippen MR) is 69.4 cm³/mol. The highest BCUT2D eigenvalue weighted by Gasteiger charge is 2.39. The number of carbonyl (C=O) groups excluding carboxylic acids is 1. The van der Waals surface area contributed by atoms with Gasteiger partial charge in [-0.15, -0.1) is 0 Å². The molecule has 110 valence electrons. The van der Waals surface area contributed by atoms with Crippen LogP contribution in [0.1, 0.15) is 16.9 Å². The van der Waals surface area contributed by atoms with E-state index in [0.29, 0.717) is 18.8 Å². The topological polar surface area (TPSA) is 92.0 Å². The van der Waals surface area contributed by atoms with E-state index >= 15 is 0 Å². The van der Waals surface area contributed by atoms with Gasteiger partial charge in [0.25, 0.3) is 5.91 Å². The van der Waals surface area contributed by atoms with Gasteiger partial charge in [-0.3, -0.25) is 4.79 Å². The number of amides is 1. The van der Waals surface area contributed by atoms with Crippen LogP contribution >= 0.6 is 0 Å². The lowest BCUT2D eigenvalue weighted by Crippen LogP contribution is -2.41. The van der Waals surface area contributed by atoms with E-state index in [4.69, 9.17) is 9.84 Å². The first kappa shape index (κ1) is 14.5. The van der Waals surface area contributed by atoms with Crippen LogP contribution in [-0.4, -0.2) is 64.0 Å². The Kier molecular flexibility index (Phi) is 4.41. The Labute approximate surface area is 116 Å². The molecule has 1 aromatic rings. The molecule has 0 aliphatic carbocycles. The van der Waals surface area contributed by atoms with Gasteiger partial charge in [0, 0.05) is 32.8 Å². The van der Waals surface area contributed by atoms with Gasteiger partial charge in [0.1, 0.15) is 11.7 Å². The van der Waals surface area contributed by atoms with Crippen molar-refractivity contribution in [3.05, 3.63) is 24.0 Å². The van der Waals surface area contributed by atoms with Crippen molar-refractivity contribution in [1.29, 1.82) is 0 Å². The van der Waals surface area contributed by atoms with Gasteiger partial charge in [-0.1, -0.05) is 0 Å². The average molecular weight is 282 g/mol. The quantitative estimate of drug-likeness (QED) is 0.780. The molecule has 0 radical (unpaired) electrons. The Morgan fingerprint density at radius 2 is 2.25 bits per heavy atom. The van der Waals surface area contributed by atoms with Gasteiger partial charge in [-0.2, -0.15) is 0 Å². The van der Waals surface area contributed by atoms with Crippen molar-refractivity contribution in [3.63, 3.8) is 0 Å². The van der Waals surface area contributed by atoms with Gasteiger partial charge in [0.15, 0.2) is 0 Å². The third kappa shape index (κ3) is 2.83. The number of β-amino-alcohol motifs (C(OH)–C–C–N with tert-alkyl or cyclic N) is 1. The smallest absolute Gasteiger partial charge is 0.326 e. The van der Waals surface area contributed by atoms with E-state index in [1.165, 1.54) is 4.90 Å². The van der Waals surface area contributed by atoms with Crippen LogP contribution in [0.5, 0.6) is 0 Å². The molecular weight excluding hydrogens is 264 g/mol. The minimum Gasteiger partial charge on any atom is -0.480 e. The summed E-state index contributed by atoms with van der Waals surface area (Å²) in [5.74, 6) is -1.47. The molecule has 1 saturated heterocycles. The second kappa shape index (κ2) is 6.06. The summed E-state index contributed by atoms with van der Waals surface area (Å²) in [6, 6.07) is 2.40. The molecule has 0 spiro atoms. The highest BCUT2D eigenvalue weighted by molar-refractivity contribution is 5.95. The Morgan fingerprint density at radius 3 is 2.90 bits per heavy atom. The number of methoxy groups -OCH3 is 1. The molecule has 1 amide bonds. The molecule has 2 N–H and O–H groups in total. The Bertz CT molecular complexity index is 499. The number of carboxylic acids is 1. The van der Waals surface area contributed by atoms with Crippen LogP contribution < -0.4 is 0 Å². The summed E-state index contributed by atoms with van der Waals surface area (Å²) in [5, 5.41) is 18.7. The maximum atomic E-state index is 12.4. The van der Waals surface area contributed by atoms with Gasteiger partial charge in [-0.25, -0.2) is 4.79 Å². The normalized spacial score (nSPS) is 22.2. The molecule has 2 rings (SSSR count). The number of carbonyl (C=O) groups is 2. The summed E-state index contributed by atoms with van der Waals surface area (Å²) in [4.78, 5) is 24.8. The number of aliphatic hydroxyl groups excluding tert-OH is 1. The fraction of sp³-hybridized carbons (Fsp3) is 0.538. The highest BCUT2D eigenvalue weighted by atomic mass is 16.5. The molecule has 0 saturated carbocycles. The van der Waals surface area contributed by atoms with Crippen molar-refractivity contribution in [2.45, 2.75) is 25.1 Å². The van der Waals surface area contributed by atoms with Gasteiger partial charge < -0.3 is 24.4 Å². The van der Waals surface area contributed by atoms with Crippen molar-refractivity contribution in [1.82, 2.24) is 9.47 Å². The number of hydrogen-bond donors (Lipinski definition) is 2. The summed E-state index contributed by atoms with van der Waals surface area (Å²) in [5.41, 5.74) is 0.405. The molecule has 7 nitrogen and oxygen atoms in total. The summed E-state index contributed by atoms with van der Waals surface area (Å²) in [6.07, 6.45) is 1.02. The fourth-order valence-electron chi connectivity index (χ4n) is 2.41. The fourth-order valence-corrected chi connectivity index (χ4v) is 2.41. The van der Waals surface area contributed by atoms with Crippen LogP contribution in [0.15, 0.2) is 18.3 Å². The average Bonchev–Trinajstić information content (AvgIpc) is 3.01. The van der Waals surface area contributed by atoms with Gasteiger partial charge in [0.2, 0.25) is 0 Å². The number of aliphatic carboxylic acids is 1. The first-order valence-corrected chi connectivity index (χ1v) is 6.40. The van der Waals surface area contributed by atoms with Crippen molar-refractivity contribution in [3.8, 4) is 0 Å².